The van der Waals surface area contributed by atoms with E-state index in [-0.39, 0.29) is 12.5 Å². The van der Waals surface area contributed by atoms with E-state index in [1.807, 2.05) is 44.2 Å². The zero-order valence-corrected chi connectivity index (χ0v) is 14.3. The van der Waals surface area contributed by atoms with Crippen LogP contribution in [0.2, 0.25) is 0 Å². The molecule has 0 atom stereocenters. The van der Waals surface area contributed by atoms with E-state index in [4.69, 9.17) is 4.74 Å². The number of ether oxygens (including phenoxy) is 1. The fourth-order valence-electron chi connectivity index (χ4n) is 3.16. The van der Waals surface area contributed by atoms with Crippen LogP contribution in [0.1, 0.15) is 24.0 Å². The molecule has 1 aliphatic rings. The quantitative estimate of drug-likeness (QED) is 0.906. The van der Waals surface area contributed by atoms with Gasteiger partial charge in [-0.05, 0) is 62.1 Å². The van der Waals surface area contributed by atoms with Crippen LogP contribution in [-0.4, -0.2) is 25.6 Å². The molecular weight excluding hydrogens is 300 g/mol. The van der Waals surface area contributed by atoms with Crippen LogP contribution in [-0.2, 0) is 4.79 Å². The summed E-state index contributed by atoms with van der Waals surface area (Å²) in [6.45, 7) is 6.15. The van der Waals surface area contributed by atoms with Gasteiger partial charge in [0.15, 0.2) is 6.61 Å². The van der Waals surface area contributed by atoms with Crippen LogP contribution >= 0.6 is 0 Å². The van der Waals surface area contributed by atoms with E-state index in [0.29, 0.717) is 0 Å². The summed E-state index contributed by atoms with van der Waals surface area (Å²) >= 11 is 0. The molecular formula is C20H24N2O2. The van der Waals surface area contributed by atoms with Crippen molar-refractivity contribution in [3.63, 3.8) is 0 Å². The molecule has 2 aromatic rings. The van der Waals surface area contributed by atoms with Gasteiger partial charge >= 0.3 is 0 Å². The Labute approximate surface area is 143 Å². The van der Waals surface area contributed by atoms with Gasteiger partial charge in [-0.1, -0.05) is 18.2 Å². The van der Waals surface area contributed by atoms with Gasteiger partial charge in [0.1, 0.15) is 5.75 Å². The van der Waals surface area contributed by atoms with E-state index in [2.05, 4.69) is 22.3 Å². The SMILES string of the molecule is Cc1cc(C)cc(OCC(=O)Nc2ccccc2N2CCCC2)c1. The number of rotatable bonds is 5. The Morgan fingerprint density at radius 1 is 1.08 bits per heavy atom. The fourth-order valence-corrected chi connectivity index (χ4v) is 3.16. The lowest BCUT2D eigenvalue weighted by atomic mass is 10.1. The van der Waals surface area contributed by atoms with Crippen molar-refractivity contribution in [1.82, 2.24) is 0 Å². The highest BCUT2D eigenvalue weighted by molar-refractivity contribution is 5.95. The standard InChI is InChI=1S/C20H24N2O2/c1-15-11-16(2)13-17(12-15)24-14-20(23)21-18-7-3-4-8-19(18)22-9-5-6-10-22/h3-4,7-8,11-13H,5-6,9-10,14H2,1-2H3,(H,21,23). The molecule has 0 aliphatic carbocycles. The zero-order chi connectivity index (χ0) is 16.9. The minimum Gasteiger partial charge on any atom is -0.484 e. The predicted molar refractivity (Wildman–Crippen MR) is 97.9 cm³/mol. The average Bonchev–Trinajstić information content (AvgIpc) is 3.07. The lowest BCUT2D eigenvalue weighted by Gasteiger charge is -2.21. The topological polar surface area (TPSA) is 41.6 Å². The van der Waals surface area contributed by atoms with E-state index in [1.165, 1.54) is 12.8 Å². The van der Waals surface area contributed by atoms with E-state index < -0.39 is 0 Å². The molecule has 1 fully saturated rings. The maximum absolute atomic E-state index is 12.3. The molecule has 0 spiro atoms. The highest BCUT2D eigenvalue weighted by Crippen LogP contribution is 2.28. The Balaban J connectivity index is 1.63. The Hall–Kier alpha value is -2.49. The first-order chi connectivity index (χ1) is 11.6. The Morgan fingerprint density at radius 2 is 1.75 bits per heavy atom. The summed E-state index contributed by atoms with van der Waals surface area (Å²) in [5.74, 6) is 0.594. The number of hydrogen-bond acceptors (Lipinski definition) is 3. The van der Waals surface area contributed by atoms with Crippen molar-refractivity contribution in [1.29, 1.82) is 0 Å². The number of para-hydroxylation sites is 2. The molecule has 4 nitrogen and oxygen atoms in total. The van der Waals surface area contributed by atoms with E-state index in [9.17, 15) is 4.79 Å². The van der Waals surface area contributed by atoms with Crippen molar-refractivity contribution in [2.75, 3.05) is 29.9 Å². The monoisotopic (exact) mass is 324 g/mol. The van der Waals surface area contributed by atoms with Crippen molar-refractivity contribution in [2.24, 2.45) is 0 Å². The van der Waals surface area contributed by atoms with Crippen molar-refractivity contribution < 1.29 is 9.53 Å². The maximum Gasteiger partial charge on any atom is 0.262 e. The number of carbonyl (C=O) groups is 1. The van der Waals surface area contributed by atoms with Gasteiger partial charge in [0.05, 0.1) is 11.4 Å². The number of nitrogens with zero attached hydrogens (tertiary/aromatic N) is 1. The van der Waals surface area contributed by atoms with Crippen molar-refractivity contribution in [3.8, 4) is 5.75 Å². The second-order valence-electron chi connectivity index (χ2n) is 6.37. The van der Waals surface area contributed by atoms with Gasteiger partial charge in [0.25, 0.3) is 5.91 Å². The first-order valence-electron chi connectivity index (χ1n) is 8.47. The van der Waals surface area contributed by atoms with Gasteiger partial charge in [-0.25, -0.2) is 0 Å². The lowest BCUT2D eigenvalue weighted by molar-refractivity contribution is -0.118. The minimum atomic E-state index is -0.138. The summed E-state index contributed by atoms with van der Waals surface area (Å²) in [6.07, 6.45) is 2.41. The van der Waals surface area contributed by atoms with Crippen molar-refractivity contribution in [2.45, 2.75) is 26.7 Å². The van der Waals surface area contributed by atoms with E-state index >= 15 is 0 Å². The highest BCUT2D eigenvalue weighted by atomic mass is 16.5. The van der Waals surface area contributed by atoms with Crippen LogP contribution in [0.15, 0.2) is 42.5 Å². The molecule has 0 unspecified atom stereocenters. The molecule has 0 radical (unpaired) electrons. The summed E-state index contributed by atoms with van der Waals surface area (Å²) in [6, 6.07) is 13.9. The van der Waals surface area contributed by atoms with Crippen molar-refractivity contribution in [3.05, 3.63) is 53.6 Å². The molecule has 0 saturated carbocycles. The molecule has 126 valence electrons. The largest absolute Gasteiger partial charge is 0.484 e. The predicted octanol–water partition coefficient (Wildman–Crippen LogP) is 3.92. The first-order valence-corrected chi connectivity index (χ1v) is 8.47. The van der Waals surface area contributed by atoms with Gasteiger partial charge in [-0.15, -0.1) is 0 Å². The summed E-state index contributed by atoms with van der Waals surface area (Å²) in [7, 11) is 0. The summed E-state index contributed by atoms with van der Waals surface area (Å²) in [5.41, 5.74) is 4.21. The number of benzene rings is 2. The average molecular weight is 324 g/mol. The van der Waals surface area contributed by atoms with E-state index in [1.54, 1.807) is 0 Å². The van der Waals surface area contributed by atoms with Crippen LogP contribution in [0.5, 0.6) is 5.75 Å². The number of aryl methyl sites for hydroxylation is 2. The van der Waals surface area contributed by atoms with Crippen molar-refractivity contribution >= 4 is 17.3 Å². The zero-order valence-electron chi connectivity index (χ0n) is 14.3. The number of anilines is 2. The van der Waals surface area contributed by atoms with Gasteiger partial charge in [0, 0.05) is 13.1 Å². The molecule has 4 heteroatoms. The summed E-state index contributed by atoms with van der Waals surface area (Å²) in [4.78, 5) is 14.6. The van der Waals surface area contributed by atoms with Gasteiger partial charge in [-0.3, -0.25) is 4.79 Å². The van der Waals surface area contributed by atoms with Crippen LogP contribution in [0.3, 0.4) is 0 Å². The molecule has 1 amide bonds. The third-order valence-electron chi connectivity index (χ3n) is 4.19. The molecule has 1 N–H and O–H groups in total. The maximum atomic E-state index is 12.3. The normalized spacial score (nSPS) is 13.8. The van der Waals surface area contributed by atoms with Crippen LogP contribution in [0.4, 0.5) is 11.4 Å². The second kappa shape index (κ2) is 7.39. The number of carbonyl (C=O) groups excluding carboxylic acids is 1. The van der Waals surface area contributed by atoms with Crippen LogP contribution < -0.4 is 15.0 Å². The van der Waals surface area contributed by atoms with Gasteiger partial charge in [-0.2, -0.15) is 0 Å². The highest BCUT2D eigenvalue weighted by Gasteiger charge is 2.16. The number of amides is 1. The molecule has 2 aromatic carbocycles. The number of hydrogen-bond donors (Lipinski definition) is 1. The molecule has 24 heavy (non-hydrogen) atoms. The Kier molecular flexibility index (Phi) is 5.04. The van der Waals surface area contributed by atoms with E-state index in [0.717, 1.165) is 41.3 Å². The van der Waals surface area contributed by atoms with Crippen LogP contribution in [0, 0.1) is 13.8 Å². The number of nitrogens with one attached hydrogen (secondary N) is 1. The molecule has 1 saturated heterocycles. The van der Waals surface area contributed by atoms with Crippen LogP contribution in [0.25, 0.3) is 0 Å². The molecule has 1 heterocycles. The molecule has 0 aromatic heterocycles. The fraction of sp³-hybridized carbons (Fsp3) is 0.350. The third-order valence-corrected chi connectivity index (χ3v) is 4.19. The third kappa shape index (κ3) is 4.07. The van der Waals surface area contributed by atoms with Gasteiger partial charge < -0.3 is 15.0 Å². The molecule has 0 bridgehead atoms. The summed E-state index contributed by atoms with van der Waals surface area (Å²) < 4.78 is 5.64. The first kappa shape index (κ1) is 16.4. The smallest absolute Gasteiger partial charge is 0.262 e. The van der Waals surface area contributed by atoms with Gasteiger partial charge in [0.2, 0.25) is 0 Å². The molecule has 1 aliphatic heterocycles. The summed E-state index contributed by atoms with van der Waals surface area (Å²) in [5, 5.41) is 2.98. The minimum absolute atomic E-state index is 0.0111. The molecule has 3 rings (SSSR count). The lowest BCUT2D eigenvalue weighted by Crippen LogP contribution is -2.24. The second-order valence-corrected chi connectivity index (χ2v) is 6.37. The Bertz CT molecular complexity index is 701. The Morgan fingerprint density at radius 3 is 2.46 bits per heavy atom.